The largest absolute Gasteiger partial charge is 0.491 e. The van der Waals surface area contributed by atoms with Gasteiger partial charge in [-0.3, -0.25) is 4.90 Å². The van der Waals surface area contributed by atoms with E-state index in [1.165, 1.54) is 5.56 Å². The van der Waals surface area contributed by atoms with Crippen LogP contribution in [0, 0.1) is 0 Å². The smallest absolute Gasteiger partial charge is 0.138 e. The Bertz CT molecular complexity index is 423. The molecular weight excluding hydrogens is 332 g/mol. The lowest BCUT2D eigenvalue weighted by atomic mass is 10.2. The van der Waals surface area contributed by atoms with Crippen molar-refractivity contribution in [2.45, 2.75) is 19.9 Å². The summed E-state index contributed by atoms with van der Waals surface area (Å²) in [4.78, 5) is 2.38. The number of nitrogens with one attached hydrogen (secondary N) is 1. The van der Waals surface area contributed by atoms with E-state index < -0.39 is 0 Å². The Labute approximate surface area is 135 Å². The first-order valence-electron chi connectivity index (χ1n) is 7.72. The molecule has 0 amide bonds. The Morgan fingerprint density at radius 3 is 2.90 bits per heavy atom. The second kappa shape index (κ2) is 9.41. The van der Waals surface area contributed by atoms with Crippen molar-refractivity contribution in [2.75, 3.05) is 46.0 Å². The zero-order valence-electron chi connectivity index (χ0n) is 12.7. The molecule has 21 heavy (non-hydrogen) atoms. The molecule has 0 unspecified atom stereocenters. The maximum absolute atomic E-state index is 6.03. The summed E-state index contributed by atoms with van der Waals surface area (Å²) in [5, 5.41) is 3.43. The molecule has 0 aliphatic carbocycles. The van der Waals surface area contributed by atoms with Crippen LogP contribution >= 0.6 is 15.9 Å². The lowest BCUT2D eigenvalue weighted by Gasteiger charge is -2.26. The molecule has 0 spiro atoms. The Morgan fingerprint density at radius 1 is 1.33 bits per heavy atom. The monoisotopic (exact) mass is 356 g/mol. The van der Waals surface area contributed by atoms with Crippen LogP contribution in [0.5, 0.6) is 5.75 Å². The molecule has 2 rings (SSSR count). The van der Waals surface area contributed by atoms with Crippen LogP contribution in [-0.2, 0) is 11.3 Å². The van der Waals surface area contributed by atoms with Gasteiger partial charge >= 0.3 is 0 Å². The predicted octanol–water partition coefficient (Wildman–Crippen LogP) is 2.66. The number of nitrogens with zero attached hydrogens (tertiary/aromatic N) is 1. The molecule has 1 aromatic carbocycles. The molecule has 1 N–H and O–H groups in total. The summed E-state index contributed by atoms with van der Waals surface area (Å²) in [6.07, 6.45) is 1.14. The highest BCUT2D eigenvalue weighted by molar-refractivity contribution is 9.10. The van der Waals surface area contributed by atoms with E-state index in [-0.39, 0.29) is 0 Å². The first-order chi connectivity index (χ1) is 10.3. The van der Waals surface area contributed by atoms with Crippen molar-refractivity contribution >= 4 is 15.9 Å². The fraction of sp³-hybridized carbons (Fsp3) is 0.625. The summed E-state index contributed by atoms with van der Waals surface area (Å²) in [6.45, 7) is 9.39. The highest BCUT2D eigenvalue weighted by Gasteiger charge is 2.12. The molecule has 1 aliphatic rings. The van der Waals surface area contributed by atoms with Crippen molar-refractivity contribution in [3.8, 4) is 5.75 Å². The van der Waals surface area contributed by atoms with E-state index in [1.54, 1.807) is 0 Å². The Balaban J connectivity index is 1.85. The van der Waals surface area contributed by atoms with Gasteiger partial charge in [0, 0.05) is 31.7 Å². The van der Waals surface area contributed by atoms with Gasteiger partial charge in [0.1, 0.15) is 12.4 Å². The van der Waals surface area contributed by atoms with Crippen LogP contribution in [-0.4, -0.2) is 50.9 Å². The quantitative estimate of drug-likeness (QED) is 0.726. The molecular formula is C16H25BrN2O2. The van der Waals surface area contributed by atoms with Gasteiger partial charge in [0.05, 0.1) is 17.7 Å². The Morgan fingerprint density at radius 2 is 2.14 bits per heavy atom. The number of para-hydroxylation sites is 1. The molecule has 0 radical (unpaired) electrons. The maximum Gasteiger partial charge on any atom is 0.138 e. The molecule has 0 atom stereocenters. The van der Waals surface area contributed by atoms with Gasteiger partial charge in [-0.05, 0) is 35.0 Å². The molecule has 1 fully saturated rings. The predicted molar refractivity (Wildman–Crippen MR) is 88.9 cm³/mol. The third kappa shape index (κ3) is 5.58. The van der Waals surface area contributed by atoms with Crippen molar-refractivity contribution in [2.24, 2.45) is 0 Å². The minimum Gasteiger partial charge on any atom is -0.491 e. The van der Waals surface area contributed by atoms with Crippen LogP contribution in [0.1, 0.15) is 18.9 Å². The van der Waals surface area contributed by atoms with Gasteiger partial charge in [0.2, 0.25) is 0 Å². The summed E-state index contributed by atoms with van der Waals surface area (Å²) in [5.74, 6) is 0.967. The van der Waals surface area contributed by atoms with E-state index in [9.17, 15) is 0 Å². The molecule has 1 aromatic rings. The Kier molecular flexibility index (Phi) is 7.50. The lowest BCUT2D eigenvalue weighted by molar-refractivity contribution is 0.0321. The SMILES string of the molecule is CCCNCc1cccc(Br)c1OCCN1CCOCC1. The normalized spacial score (nSPS) is 16.1. The molecule has 4 nitrogen and oxygen atoms in total. The average molecular weight is 357 g/mol. The number of ether oxygens (including phenoxy) is 2. The van der Waals surface area contributed by atoms with Gasteiger partial charge < -0.3 is 14.8 Å². The summed E-state index contributed by atoms with van der Waals surface area (Å²) in [7, 11) is 0. The third-order valence-corrected chi connectivity index (χ3v) is 4.17. The first-order valence-corrected chi connectivity index (χ1v) is 8.51. The van der Waals surface area contributed by atoms with Gasteiger partial charge in [-0.25, -0.2) is 0 Å². The van der Waals surface area contributed by atoms with Crippen LogP contribution in [0.25, 0.3) is 0 Å². The fourth-order valence-electron chi connectivity index (χ4n) is 2.36. The van der Waals surface area contributed by atoms with Gasteiger partial charge in [-0.2, -0.15) is 0 Å². The summed E-state index contributed by atoms with van der Waals surface area (Å²) < 4.78 is 12.4. The third-order valence-electron chi connectivity index (χ3n) is 3.55. The first kappa shape index (κ1) is 16.7. The van der Waals surface area contributed by atoms with Gasteiger partial charge in [0.15, 0.2) is 0 Å². The molecule has 0 aromatic heterocycles. The number of hydrogen-bond acceptors (Lipinski definition) is 4. The second-order valence-electron chi connectivity index (χ2n) is 5.21. The van der Waals surface area contributed by atoms with Crippen molar-refractivity contribution in [3.63, 3.8) is 0 Å². The number of rotatable bonds is 8. The summed E-state index contributed by atoms with van der Waals surface area (Å²) in [5.41, 5.74) is 1.21. The molecule has 1 heterocycles. The van der Waals surface area contributed by atoms with Crippen LogP contribution in [0.4, 0.5) is 0 Å². The fourth-order valence-corrected chi connectivity index (χ4v) is 2.88. The molecule has 1 aliphatic heterocycles. The van der Waals surface area contributed by atoms with E-state index in [0.717, 1.165) is 62.6 Å². The minimum atomic E-state index is 0.712. The van der Waals surface area contributed by atoms with Crippen molar-refractivity contribution < 1.29 is 9.47 Å². The zero-order chi connectivity index (χ0) is 14.9. The van der Waals surface area contributed by atoms with E-state index in [0.29, 0.717) is 6.61 Å². The average Bonchev–Trinajstić information content (AvgIpc) is 2.51. The van der Waals surface area contributed by atoms with Crippen LogP contribution in [0.3, 0.4) is 0 Å². The van der Waals surface area contributed by atoms with E-state index in [2.05, 4.69) is 45.2 Å². The van der Waals surface area contributed by atoms with Crippen LogP contribution in [0.2, 0.25) is 0 Å². The van der Waals surface area contributed by atoms with E-state index >= 15 is 0 Å². The summed E-state index contributed by atoms with van der Waals surface area (Å²) >= 11 is 3.60. The topological polar surface area (TPSA) is 33.7 Å². The molecule has 118 valence electrons. The minimum absolute atomic E-state index is 0.712. The molecule has 0 saturated carbocycles. The van der Waals surface area contributed by atoms with Crippen molar-refractivity contribution in [1.82, 2.24) is 10.2 Å². The van der Waals surface area contributed by atoms with E-state index in [4.69, 9.17) is 9.47 Å². The summed E-state index contributed by atoms with van der Waals surface area (Å²) in [6, 6.07) is 6.22. The lowest BCUT2D eigenvalue weighted by Crippen LogP contribution is -2.38. The number of halogens is 1. The molecule has 0 bridgehead atoms. The number of benzene rings is 1. The van der Waals surface area contributed by atoms with Gasteiger partial charge in [-0.1, -0.05) is 19.1 Å². The van der Waals surface area contributed by atoms with Crippen LogP contribution < -0.4 is 10.1 Å². The van der Waals surface area contributed by atoms with Gasteiger partial charge in [0.25, 0.3) is 0 Å². The zero-order valence-corrected chi connectivity index (χ0v) is 14.3. The highest BCUT2D eigenvalue weighted by Crippen LogP contribution is 2.29. The van der Waals surface area contributed by atoms with E-state index in [1.807, 2.05) is 6.07 Å². The molecule has 1 saturated heterocycles. The standard InChI is InChI=1S/C16H25BrN2O2/c1-2-6-18-13-14-4-3-5-15(17)16(14)21-12-9-19-7-10-20-11-8-19/h3-5,18H,2,6-13H2,1H3. The maximum atomic E-state index is 6.03. The van der Waals surface area contributed by atoms with Crippen LogP contribution in [0.15, 0.2) is 22.7 Å². The van der Waals surface area contributed by atoms with Gasteiger partial charge in [-0.15, -0.1) is 0 Å². The number of morpholine rings is 1. The number of hydrogen-bond donors (Lipinski definition) is 1. The van der Waals surface area contributed by atoms with Crippen molar-refractivity contribution in [1.29, 1.82) is 0 Å². The van der Waals surface area contributed by atoms with Crippen molar-refractivity contribution in [3.05, 3.63) is 28.2 Å². The molecule has 5 heteroatoms. The highest BCUT2D eigenvalue weighted by atomic mass is 79.9. The second-order valence-corrected chi connectivity index (χ2v) is 6.06. The Hall–Kier alpha value is -0.620.